The number of nitrogens with zero attached hydrogens (tertiary/aromatic N) is 2. The van der Waals surface area contributed by atoms with Crippen LogP contribution in [0.25, 0.3) is 0 Å². The molecule has 0 unspecified atom stereocenters. The zero-order valence-corrected chi connectivity index (χ0v) is 37.0. The minimum Gasteiger partial charge on any atom is -0.504 e. The highest BCUT2D eigenvalue weighted by molar-refractivity contribution is 5.91. The molecule has 2 saturated carbocycles. The molecule has 66 heavy (non-hydrogen) atoms. The zero-order valence-electron chi connectivity index (χ0n) is 37.0. The van der Waals surface area contributed by atoms with E-state index in [1.54, 1.807) is 12.1 Å². The molecule has 0 radical (unpaired) electrons. The number of rotatable bonds is 13. The molecule has 4 aliphatic heterocycles. The third kappa shape index (κ3) is 6.52. The molecular weight excluding hydrogens is 857 g/mol. The van der Waals surface area contributed by atoms with E-state index in [-0.39, 0.29) is 49.5 Å². The van der Waals surface area contributed by atoms with Crippen molar-refractivity contribution in [2.24, 2.45) is 0 Å². The molecule has 2 saturated heterocycles. The fraction of sp³-hybridized carbons (Fsp3) is 0.609. The normalized spacial score (nSPS) is 33.8. The third-order valence-corrected chi connectivity index (χ3v) is 16.5. The molecule has 20 heteroatoms. The van der Waals surface area contributed by atoms with E-state index in [0.29, 0.717) is 76.0 Å². The van der Waals surface area contributed by atoms with Crippen LogP contribution in [0.15, 0.2) is 24.3 Å². The number of amides is 6. The van der Waals surface area contributed by atoms with Crippen molar-refractivity contribution >= 4 is 35.4 Å². The van der Waals surface area contributed by atoms with Crippen molar-refractivity contribution in [3.05, 3.63) is 46.5 Å². The van der Waals surface area contributed by atoms with Crippen molar-refractivity contribution in [3.8, 4) is 23.0 Å². The Kier molecular flexibility index (Phi) is 10.7. The second-order valence-electron chi connectivity index (χ2n) is 19.7. The Labute approximate surface area is 380 Å². The number of nitrogens with one attached hydrogen (secondary N) is 6. The van der Waals surface area contributed by atoms with E-state index in [0.717, 1.165) is 22.3 Å². The molecule has 8 aliphatic rings. The van der Waals surface area contributed by atoms with Crippen LogP contribution in [-0.4, -0.2) is 167 Å². The van der Waals surface area contributed by atoms with Crippen LogP contribution in [0.2, 0.25) is 0 Å². The SMILES string of the molecule is CN1CC[C@]23c4c5ccc(O)c4O[C@H]2[C@@H](NC(=O)CNC(=O)CNC(=O)CCC(=O)NCC(=O)NCC(=O)N[C@H]2CC[C@@]4(O)[C@H]6Cc7ccc(O)c8c7[C@@]4(CCN6C)[C@H]2O8)CC[C@@]3(O)[C@H]1C5. The van der Waals surface area contributed by atoms with E-state index >= 15 is 0 Å². The molecule has 6 amide bonds. The van der Waals surface area contributed by atoms with Gasteiger partial charge in [0.1, 0.15) is 12.2 Å². The molecular formula is C46H58N8O12. The predicted molar refractivity (Wildman–Crippen MR) is 231 cm³/mol. The minimum absolute atomic E-state index is 0.00663. The van der Waals surface area contributed by atoms with Gasteiger partial charge in [0.15, 0.2) is 23.0 Å². The average Bonchev–Trinajstić information content (AvgIpc) is 3.84. The number of ether oxygens (including phenoxy) is 2. The van der Waals surface area contributed by atoms with Crippen molar-refractivity contribution < 1.29 is 58.7 Å². The number of benzene rings is 2. The molecule has 4 fully saturated rings. The number of aliphatic hydroxyl groups is 2. The highest BCUT2D eigenvalue weighted by Crippen LogP contribution is 2.67. The molecule has 10 atom stereocenters. The molecule has 4 aliphatic carbocycles. The molecule has 354 valence electrons. The Bertz CT molecular complexity index is 2260. The largest absolute Gasteiger partial charge is 0.504 e. The molecule has 10 rings (SSSR count). The number of carbonyl (C=O) groups excluding carboxylic acids is 6. The summed E-state index contributed by atoms with van der Waals surface area (Å²) in [6.45, 7) is -0.221. The highest BCUT2D eigenvalue weighted by Gasteiger charge is 2.74. The van der Waals surface area contributed by atoms with Crippen LogP contribution in [0, 0.1) is 0 Å². The standard InChI is InChI=1S/C46H58N8O12/c1-53-15-13-43-37-23-3-5-27(55)39(37)65-41(43)25(9-11-45(43,63)29(53)17-23)51-35(61)21-49-33(59)19-47-31(57)7-8-32(58)48-20-34(60)50-22-36(62)52-26-10-12-46(64)30-18-24-4-6-28(56)40-38(24)44(46,42(26)66-40)14-16-54(30)2/h3-6,25-26,29-30,41-42,55-56,63-64H,7-22H2,1-2H3,(H,47,57)(H,48,58)(H,49,59)(H,50,60)(H,51,61)(H,52,62)/t25-,26-,29+,30+,41-,42-,43-,44-,45+,46+/m0/s1. The zero-order chi connectivity index (χ0) is 46.5. The molecule has 2 aromatic carbocycles. The van der Waals surface area contributed by atoms with Gasteiger partial charge in [0.05, 0.1) is 60.3 Å². The van der Waals surface area contributed by atoms with E-state index in [9.17, 15) is 49.2 Å². The van der Waals surface area contributed by atoms with Crippen LogP contribution in [-0.2, 0) is 52.4 Å². The van der Waals surface area contributed by atoms with Gasteiger partial charge < -0.3 is 71.6 Å². The fourth-order valence-electron chi connectivity index (χ4n) is 13.6. The summed E-state index contributed by atoms with van der Waals surface area (Å²) in [4.78, 5) is 80.7. The fourth-order valence-corrected chi connectivity index (χ4v) is 13.6. The van der Waals surface area contributed by atoms with Gasteiger partial charge in [-0.15, -0.1) is 0 Å². The van der Waals surface area contributed by atoms with E-state index in [4.69, 9.17) is 9.47 Å². The Morgan fingerprint density at radius 2 is 0.955 bits per heavy atom. The Morgan fingerprint density at radius 1 is 0.576 bits per heavy atom. The summed E-state index contributed by atoms with van der Waals surface area (Å²) in [6.07, 6.45) is 2.30. The maximum atomic E-state index is 13.1. The summed E-state index contributed by atoms with van der Waals surface area (Å²) < 4.78 is 12.8. The molecule has 2 spiro atoms. The first-order valence-electron chi connectivity index (χ1n) is 23.1. The molecule has 20 nitrogen and oxygen atoms in total. The van der Waals surface area contributed by atoms with E-state index in [2.05, 4.69) is 41.7 Å². The monoisotopic (exact) mass is 914 g/mol. The second-order valence-corrected chi connectivity index (χ2v) is 19.7. The van der Waals surface area contributed by atoms with Gasteiger partial charge in [-0.05, 0) is 102 Å². The van der Waals surface area contributed by atoms with E-state index in [1.165, 1.54) is 0 Å². The van der Waals surface area contributed by atoms with Crippen LogP contribution >= 0.6 is 0 Å². The number of carbonyl (C=O) groups is 6. The molecule has 4 heterocycles. The summed E-state index contributed by atoms with van der Waals surface area (Å²) in [5.41, 5.74) is -0.153. The third-order valence-electron chi connectivity index (χ3n) is 16.5. The number of phenols is 2. The molecule has 2 aromatic rings. The number of aromatic hydroxyl groups is 2. The van der Waals surface area contributed by atoms with Crippen LogP contribution in [0.3, 0.4) is 0 Å². The van der Waals surface area contributed by atoms with Gasteiger partial charge in [-0.25, -0.2) is 0 Å². The lowest BCUT2D eigenvalue weighted by atomic mass is 9.48. The predicted octanol–water partition coefficient (Wildman–Crippen LogP) is -2.42. The van der Waals surface area contributed by atoms with Gasteiger partial charge in [0.25, 0.3) is 0 Å². The lowest BCUT2D eigenvalue weighted by molar-refractivity contribution is -0.187. The summed E-state index contributed by atoms with van der Waals surface area (Å²) >= 11 is 0. The van der Waals surface area contributed by atoms with Crippen LogP contribution < -0.4 is 41.4 Å². The summed E-state index contributed by atoms with van der Waals surface area (Å²) in [5, 5.41) is 61.9. The number of piperidine rings is 2. The van der Waals surface area contributed by atoms with E-state index < -0.39 is 94.9 Å². The average molecular weight is 915 g/mol. The van der Waals surface area contributed by atoms with Gasteiger partial charge in [-0.3, -0.25) is 28.8 Å². The number of likely N-dealkylation sites (tertiary alicyclic amines) is 2. The Hall–Kier alpha value is -5.70. The van der Waals surface area contributed by atoms with Crippen molar-refractivity contribution in [1.82, 2.24) is 41.7 Å². The van der Waals surface area contributed by atoms with Crippen LogP contribution in [0.4, 0.5) is 0 Å². The van der Waals surface area contributed by atoms with Crippen molar-refractivity contribution in [3.63, 3.8) is 0 Å². The summed E-state index contributed by atoms with van der Waals surface area (Å²) in [5.74, 6) is -2.73. The number of phenolic OH excluding ortho intramolecular Hbond substituents is 2. The molecule has 0 aromatic heterocycles. The highest BCUT2D eigenvalue weighted by atomic mass is 16.5. The lowest BCUT2D eigenvalue weighted by Crippen LogP contribution is -2.77. The van der Waals surface area contributed by atoms with Gasteiger partial charge in [-0.2, -0.15) is 0 Å². The van der Waals surface area contributed by atoms with E-state index in [1.807, 2.05) is 26.2 Å². The van der Waals surface area contributed by atoms with Gasteiger partial charge in [-0.1, -0.05) is 12.1 Å². The van der Waals surface area contributed by atoms with Gasteiger partial charge >= 0.3 is 0 Å². The molecule has 10 N–H and O–H groups in total. The van der Waals surface area contributed by atoms with Crippen molar-refractivity contribution in [1.29, 1.82) is 0 Å². The second kappa shape index (κ2) is 16.0. The quantitative estimate of drug-likeness (QED) is 0.100. The van der Waals surface area contributed by atoms with Crippen molar-refractivity contribution in [2.45, 2.75) is 123 Å². The van der Waals surface area contributed by atoms with Crippen LogP contribution in [0.5, 0.6) is 23.0 Å². The lowest BCUT2D eigenvalue weighted by Gasteiger charge is -2.63. The summed E-state index contributed by atoms with van der Waals surface area (Å²) in [7, 11) is 4.01. The Morgan fingerprint density at radius 3 is 1.36 bits per heavy atom. The number of hydrogen-bond acceptors (Lipinski definition) is 14. The van der Waals surface area contributed by atoms with Crippen molar-refractivity contribution in [2.75, 3.05) is 53.4 Å². The smallest absolute Gasteiger partial charge is 0.239 e. The van der Waals surface area contributed by atoms with Crippen LogP contribution in [0.1, 0.15) is 73.6 Å². The number of likely N-dealkylation sites (N-methyl/N-ethyl adjacent to an activating group) is 2. The molecule has 4 bridgehead atoms. The summed E-state index contributed by atoms with van der Waals surface area (Å²) in [6, 6.07) is 5.71. The first-order chi connectivity index (χ1) is 31.5. The maximum Gasteiger partial charge on any atom is 0.239 e. The Balaban J connectivity index is 0.631. The van der Waals surface area contributed by atoms with Gasteiger partial charge in [0, 0.05) is 36.1 Å². The maximum absolute atomic E-state index is 13.1. The first-order valence-corrected chi connectivity index (χ1v) is 23.1. The first kappa shape index (κ1) is 44.2. The number of hydrogen-bond donors (Lipinski definition) is 10. The minimum atomic E-state index is -1.11. The van der Waals surface area contributed by atoms with Gasteiger partial charge in [0.2, 0.25) is 35.4 Å². The topological polar surface area (TPSA) is 280 Å².